The van der Waals surface area contributed by atoms with Crippen LogP contribution in [0.3, 0.4) is 0 Å². The van der Waals surface area contributed by atoms with E-state index in [9.17, 15) is 4.79 Å². The van der Waals surface area contributed by atoms with Gasteiger partial charge in [0.25, 0.3) is 5.91 Å². The fraction of sp³-hybridized carbons (Fsp3) is 0.214. The number of nitrogens with zero attached hydrogens (tertiary/aromatic N) is 5. The van der Waals surface area contributed by atoms with E-state index in [1.807, 2.05) is 12.3 Å². The molecule has 0 aliphatic heterocycles. The topological polar surface area (TPSA) is 98.7 Å². The number of aryl methyl sites for hydroxylation is 1. The lowest BCUT2D eigenvalue weighted by atomic mass is 10.2. The number of rotatable bonds is 5. The summed E-state index contributed by atoms with van der Waals surface area (Å²) in [7, 11) is 0. The fourth-order valence-corrected chi connectivity index (χ4v) is 1.95. The Hall–Kier alpha value is -3.03. The molecule has 8 heteroatoms. The van der Waals surface area contributed by atoms with Gasteiger partial charge in [0.2, 0.25) is 0 Å². The van der Waals surface area contributed by atoms with Crippen LogP contribution >= 0.6 is 0 Å². The highest BCUT2D eigenvalue weighted by atomic mass is 16.5. The molecule has 0 unspecified atom stereocenters. The maximum Gasteiger partial charge on any atom is 0.256 e. The Bertz CT molecular complexity index is 765. The molecule has 3 heterocycles. The van der Waals surface area contributed by atoms with Crippen molar-refractivity contribution >= 4 is 5.91 Å². The number of carbonyl (C=O) groups excluding carboxylic acids is 1. The van der Waals surface area contributed by atoms with E-state index in [2.05, 4.69) is 25.5 Å². The van der Waals surface area contributed by atoms with Crippen LogP contribution in [0.1, 0.15) is 16.1 Å². The highest BCUT2D eigenvalue weighted by molar-refractivity contribution is 5.94. The summed E-state index contributed by atoms with van der Waals surface area (Å²) in [6.45, 7) is 2.70. The average molecular weight is 298 g/mol. The van der Waals surface area contributed by atoms with Crippen LogP contribution in [0, 0.1) is 6.92 Å². The zero-order valence-electron chi connectivity index (χ0n) is 11.9. The molecule has 0 saturated carbocycles. The van der Waals surface area contributed by atoms with Crippen molar-refractivity contribution in [3.8, 4) is 11.4 Å². The Kier molecular flexibility index (Phi) is 3.90. The van der Waals surface area contributed by atoms with Crippen molar-refractivity contribution in [3.05, 3.63) is 48.4 Å². The first-order valence-corrected chi connectivity index (χ1v) is 6.73. The largest absolute Gasteiger partial charge is 0.361 e. The molecule has 112 valence electrons. The Morgan fingerprint density at radius 1 is 1.32 bits per heavy atom. The van der Waals surface area contributed by atoms with E-state index in [1.165, 1.54) is 6.20 Å². The molecule has 1 amide bonds. The monoisotopic (exact) mass is 298 g/mol. The number of nitrogens with one attached hydrogen (secondary N) is 1. The molecular weight excluding hydrogens is 284 g/mol. The maximum absolute atomic E-state index is 11.9. The summed E-state index contributed by atoms with van der Waals surface area (Å²) in [6.07, 6.45) is 8.13. The van der Waals surface area contributed by atoms with Gasteiger partial charge in [-0.05, 0) is 13.0 Å². The summed E-state index contributed by atoms with van der Waals surface area (Å²) >= 11 is 0. The molecule has 3 aromatic heterocycles. The number of hydrogen-bond donors (Lipinski definition) is 1. The van der Waals surface area contributed by atoms with Gasteiger partial charge in [-0.1, -0.05) is 5.16 Å². The lowest BCUT2D eigenvalue weighted by molar-refractivity contribution is 0.0950. The highest BCUT2D eigenvalue weighted by Gasteiger charge is 2.12. The Labute approximate surface area is 126 Å². The van der Waals surface area contributed by atoms with Crippen LogP contribution in [0.5, 0.6) is 0 Å². The third kappa shape index (κ3) is 3.00. The van der Waals surface area contributed by atoms with Crippen molar-refractivity contribution in [2.24, 2.45) is 0 Å². The molecule has 0 aromatic carbocycles. The molecule has 1 N–H and O–H groups in total. The second kappa shape index (κ2) is 6.17. The summed E-state index contributed by atoms with van der Waals surface area (Å²) in [4.78, 5) is 20.1. The first-order valence-electron chi connectivity index (χ1n) is 6.73. The van der Waals surface area contributed by atoms with Crippen LogP contribution in [0.15, 0.2) is 41.6 Å². The van der Waals surface area contributed by atoms with Gasteiger partial charge in [0.15, 0.2) is 0 Å². The van der Waals surface area contributed by atoms with Crippen molar-refractivity contribution in [1.82, 2.24) is 30.2 Å². The third-order valence-electron chi connectivity index (χ3n) is 3.09. The first kappa shape index (κ1) is 13.9. The van der Waals surface area contributed by atoms with Crippen molar-refractivity contribution in [1.29, 1.82) is 0 Å². The lowest BCUT2D eigenvalue weighted by Crippen LogP contribution is -2.27. The van der Waals surface area contributed by atoms with Gasteiger partial charge in [-0.3, -0.25) is 19.4 Å². The molecule has 0 aliphatic rings. The second-order valence-electron chi connectivity index (χ2n) is 4.61. The molecule has 0 saturated heterocycles. The standard InChI is InChI=1S/C14H14N6O2/c1-10-11(8-18-22-10)14(21)17-5-7-20-6-2-12(19-20)13-9-15-3-4-16-13/h2-4,6,8-9H,5,7H2,1H3,(H,17,21). The van der Waals surface area contributed by atoms with Crippen molar-refractivity contribution in [3.63, 3.8) is 0 Å². The van der Waals surface area contributed by atoms with Crippen LogP contribution in [0.25, 0.3) is 11.4 Å². The van der Waals surface area contributed by atoms with Gasteiger partial charge in [-0.2, -0.15) is 5.10 Å². The Morgan fingerprint density at radius 3 is 2.95 bits per heavy atom. The molecule has 0 spiro atoms. The number of hydrogen-bond acceptors (Lipinski definition) is 6. The number of amides is 1. The van der Waals surface area contributed by atoms with Crippen molar-refractivity contribution < 1.29 is 9.32 Å². The van der Waals surface area contributed by atoms with E-state index in [1.54, 1.807) is 30.2 Å². The van der Waals surface area contributed by atoms with Gasteiger partial charge in [-0.25, -0.2) is 0 Å². The molecule has 8 nitrogen and oxygen atoms in total. The van der Waals surface area contributed by atoms with Gasteiger partial charge >= 0.3 is 0 Å². The minimum atomic E-state index is -0.208. The molecule has 0 bridgehead atoms. The average Bonchev–Trinajstić information content (AvgIpc) is 3.17. The first-order chi connectivity index (χ1) is 10.7. The second-order valence-corrected chi connectivity index (χ2v) is 4.61. The quantitative estimate of drug-likeness (QED) is 0.756. The summed E-state index contributed by atoms with van der Waals surface area (Å²) in [6, 6.07) is 1.86. The van der Waals surface area contributed by atoms with Crippen LogP contribution in [-0.2, 0) is 6.54 Å². The Balaban J connectivity index is 1.56. The summed E-state index contributed by atoms with van der Waals surface area (Å²) < 4.78 is 6.60. The minimum Gasteiger partial charge on any atom is -0.361 e. The summed E-state index contributed by atoms with van der Waals surface area (Å²) in [5, 5.41) is 10.8. The van der Waals surface area contributed by atoms with Gasteiger partial charge in [0, 0.05) is 25.1 Å². The van der Waals surface area contributed by atoms with Gasteiger partial charge in [0.1, 0.15) is 22.7 Å². The van der Waals surface area contributed by atoms with Gasteiger partial charge in [-0.15, -0.1) is 0 Å². The molecular formula is C14H14N6O2. The van der Waals surface area contributed by atoms with Crippen LogP contribution in [-0.4, -0.2) is 37.4 Å². The lowest BCUT2D eigenvalue weighted by Gasteiger charge is -2.04. The summed E-state index contributed by atoms with van der Waals surface area (Å²) in [5.74, 6) is 0.293. The SMILES string of the molecule is Cc1oncc1C(=O)NCCn1ccc(-c2cnccn2)n1. The highest BCUT2D eigenvalue weighted by Crippen LogP contribution is 2.11. The van der Waals surface area contributed by atoms with E-state index >= 15 is 0 Å². The van der Waals surface area contributed by atoms with Gasteiger partial charge in [0.05, 0.1) is 18.9 Å². The predicted octanol–water partition coefficient (Wildman–Crippen LogP) is 1.07. The van der Waals surface area contributed by atoms with Crippen molar-refractivity contribution in [2.45, 2.75) is 13.5 Å². The zero-order chi connectivity index (χ0) is 15.4. The smallest absolute Gasteiger partial charge is 0.256 e. The Morgan fingerprint density at radius 2 is 2.23 bits per heavy atom. The van der Waals surface area contributed by atoms with Crippen LogP contribution < -0.4 is 5.32 Å². The van der Waals surface area contributed by atoms with Crippen LogP contribution in [0.2, 0.25) is 0 Å². The molecule has 0 atom stereocenters. The number of aromatic nitrogens is 5. The molecule has 22 heavy (non-hydrogen) atoms. The fourth-order valence-electron chi connectivity index (χ4n) is 1.95. The molecule has 0 aliphatic carbocycles. The van der Waals surface area contributed by atoms with E-state index in [4.69, 9.17) is 4.52 Å². The zero-order valence-corrected chi connectivity index (χ0v) is 11.9. The van der Waals surface area contributed by atoms with Crippen molar-refractivity contribution in [2.75, 3.05) is 6.54 Å². The van der Waals surface area contributed by atoms with Gasteiger partial charge < -0.3 is 9.84 Å². The van der Waals surface area contributed by atoms with E-state index in [0.717, 1.165) is 5.69 Å². The summed E-state index contributed by atoms with van der Waals surface area (Å²) in [5.41, 5.74) is 1.90. The maximum atomic E-state index is 11.9. The predicted molar refractivity (Wildman–Crippen MR) is 76.8 cm³/mol. The molecule has 3 aromatic rings. The minimum absolute atomic E-state index is 0.208. The third-order valence-corrected chi connectivity index (χ3v) is 3.09. The van der Waals surface area contributed by atoms with E-state index in [-0.39, 0.29) is 5.91 Å². The number of carbonyl (C=O) groups is 1. The van der Waals surface area contributed by atoms with E-state index < -0.39 is 0 Å². The van der Waals surface area contributed by atoms with Crippen LogP contribution in [0.4, 0.5) is 0 Å². The molecule has 0 radical (unpaired) electrons. The normalized spacial score (nSPS) is 10.6. The van der Waals surface area contributed by atoms with E-state index in [0.29, 0.717) is 30.1 Å². The molecule has 0 fully saturated rings. The molecule has 3 rings (SSSR count).